The van der Waals surface area contributed by atoms with Gasteiger partial charge in [-0.2, -0.15) is 0 Å². The summed E-state index contributed by atoms with van der Waals surface area (Å²) in [5, 5.41) is 3.52. The summed E-state index contributed by atoms with van der Waals surface area (Å²) in [4.78, 5) is 16.3. The molecule has 0 spiro atoms. The molecule has 3 aromatic rings. The Morgan fingerprint density at radius 2 is 1.88 bits per heavy atom. The number of rotatable bonds is 5. The Morgan fingerprint density at radius 1 is 1.12 bits per heavy atom. The molecule has 0 unspecified atom stereocenters. The zero-order valence-corrected chi connectivity index (χ0v) is 13.9. The minimum absolute atomic E-state index is 0.0169. The number of ether oxygens (including phenoxy) is 2. The smallest absolute Gasteiger partial charge is 0.250 e. The molecule has 5 nitrogen and oxygen atoms in total. The van der Waals surface area contributed by atoms with Crippen LogP contribution in [0.3, 0.4) is 0 Å². The standard InChI is InChI=1S/C19H17FN2O3/c1-24-11-19(23)21-14-7-8-16-15(9-14)18(25-2)10-17(22-16)12-3-5-13(20)6-4-12/h3-10H,11H2,1-2H3,(H,21,23). The van der Waals surface area contributed by atoms with Crippen LogP contribution in [-0.2, 0) is 9.53 Å². The van der Waals surface area contributed by atoms with Crippen molar-refractivity contribution in [2.24, 2.45) is 0 Å². The third kappa shape index (κ3) is 3.75. The van der Waals surface area contributed by atoms with Crippen molar-refractivity contribution in [2.45, 2.75) is 0 Å². The minimum Gasteiger partial charge on any atom is -0.496 e. The van der Waals surface area contributed by atoms with Gasteiger partial charge >= 0.3 is 0 Å². The molecule has 0 radical (unpaired) electrons. The van der Waals surface area contributed by atoms with Gasteiger partial charge in [0.15, 0.2) is 0 Å². The van der Waals surface area contributed by atoms with Gasteiger partial charge in [-0.25, -0.2) is 9.37 Å². The van der Waals surface area contributed by atoms with Crippen molar-refractivity contribution in [2.75, 3.05) is 26.1 Å². The molecule has 0 fully saturated rings. The number of fused-ring (bicyclic) bond motifs is 1. The molecule has 128 valence electrons. The van der Waals surface area contributed by atoms with Crippen molar-refractivity contribution in [1.29, 1.82) is 0 Å². The number of carbonyl (C=O) groups is 1. The first kappa shape index (κ1) is 16.9. The van der Waals surface area contributed by atoms with Crippen LogP contribution in [0.2, 0.25) is 0 Å². The van der Waals surface area contributed by atoms with Gasteiger partial charge in [0.25, 0.3) is 0 Å². The van der Waals surface area contributed by atoms with Crippen molar-refractivity contribution in [3.63, 3.8) is 0 Å². The fourth-order valence-electron chi connectivity index (χ4n) is 2.54. The maximum absolute atomic E-state index is 13.1. The van der Waals surface area contributed by atoms with Gasteiger partial charge in [-0.05, 0) is 42.5 Å². The van der Waals surface area contributed by atoms with Crippen LogP contribution in [0.25, 0.3) is 22.2 Å². The largest absolute Gasteiger partial charge is 0.496 e. The van der Waals surface area contributed by atoms with Crippen LogP contribution in [0, 0.1) is 5.82 Å². The molecule has 0 aliphatic heterocycles. The summed E-state index contributed by atoms with van der Waals surface area (Å²) in [5.74, 6) is 0.0804. The van der Waals surface area contributed by atoms with Crippen LogP contribution in [-0.4, -0.2) is 31.7 Å². The molecule has 2 aromatic carbocycles. The number of nitrogens with zero attached hydrogens (tertiary/aromatic N) is 1. The number of methoxy groups -OCH3 is 2. The zero-order valence-electron chi connectivity index (χ0n) is 13.9. The van der Waals surface area contributed by atoms with Gasteiger partial charge in [0.2, 0.25) is 5.91 Å². The Balaban J connectivity index is 2.02. The fraction of sp³-hybridized carbons (Fsp3) is 0.158. The Hall–Kier alpha value is -2.99. The summed E-state index contributed by atoms with van der Waals surface area (Å²) in [5.41, 5.74) is 2.81. The zero-order chi connectivity index (χ0) is 17.8. The van der Waals surface area contributed by atoms with E-state index in [9.17, 15) is 9.18 Å². The van der Waals surface area contributed by atoms with Gasteiger partial charge in [0.05, 0.1) is 18.3 Å². The summed E-state index contributed by atoms with van der Waals surface area (Å²) in [6.45, 7) is -0.0169. The van der Waals surface area contributed by atoms with Crippen LogP contribution in [0.1, 0.15) is 0 Å². The van der Waals surface area contributed by atoms with Crippen LogP contribution in [0.5, 0.6) is 5.75 Å². The van der Waals surface area contributed by atoms with E-state index in [1.54, 1.807) is 43.5 Å². The second-order valence-corrected chi connectivity index (χ2v) is 5.43. The second-order valence-electron chi connectivity index (χ2n) is 5.43. The Morgan fingerprint density at radius 3 is 2.56 bits per heavy atom. The number of anilines is 1. The van der Waals surface area contributed by atoms with Gasteiger partial charge in [-0.3, -0.25) is 4.79 Å². The Bertz CT molecular complexity index is 910. The number of amides is 1. The number of aromatic nitrogens is 1. The molecule has 0 aliphatic carbocycles. The highest BCUT2D eigenvalue weighted by Crippen LogP contribution is 2.31. The molecule has 1 amide bonds. The topological polar surface area (TPSA) is 60.5 Å². The Kier molecular flexibility index (Phi) is 4.90. The van der Waals surface area contributed by atoms with Crippen molar-refractivity contribution < 1.29 is 18.7 Å². The fourth-order valence-corrected chi connectivity index (χ4v) is 2.54. The van der Waals surface area contributed by atoms with E-state index in [1.165, 1.54) is 19.2 Å². The third-order valence-corrected chi connectivity index (χ3v) is 3.69. The first-order valence-electron chi connectivity index (χ1n) is 7.64. The van der Waals surface area contributed by atoms with E-state index in [1.807, 2.05) is 0 Å². The summed E-state index contributed by atoms with van der Waals surface area (Å²) in [7, 11) is 3.03. The van der Waals surface area contributed by atoms with E-state index in [-0.39, 0.29) is 18.3 Å². The maximum Gasteiger partial charge on any atom is 0.250 e. The number of hydrogen-bond acceptors (Lipinski definition) is 4. The highest BCUT2D eigenvalue weighted by Gasteiger charge is 2.10. The van der Waals surface area contributed by atoms with Crippen LogP contribution < -0.4 is 10.1 Å². The predicted molar refractivity (Wildman–Crippen MR) is 94.2 cm³/mol. The molecular formula is C19H17FN2O3. The average molecular weight is 340 g/mol. The lowest BCUT2D eigenvalue weighted by molar-refractivity contribution is -0.119. The van der Waals surface area contributed by atoms with E-state index < -0.39 is 0 Å². The van der Waals surface area contributed by atoms with E-state index >= 15 is 0 Å². The monoisotopic (exact) mass is 340 g/mol. The van der Waals surface area contributed by atoms with Crippen molar-refractivity contribution in [3.05, 3.63) is 54.3 Å². The molecule has 1 heterocycles. The number of halogens is 1. The Labute approximate surface area is 144 Å². The molecule has 1 N–H and O–H groups in total. The number of carbonyl (C=O) groups excluding carboxylic acids is 1. The lowest BCUT2D eigenvalue weighted by Gasteiger charge is -2.11. The summed E-state index contributed by atoms with van der Waals surface area (Å²) in [6, 6.07) is 13.3. The average Bonchev–Trinajstić information content (AvgIpc) is 2.61. The molecule has 0 aliphatic rings. The SMILES string of the molecule is COCC(=O)Nc1ccc2nc(-c3ccc(F)cc3)cc(OC)c2c1. The van der Waals surface area contributed by atoms with Crippen LogP contribution in [0.15, 0.2) is 48.5 Å². The van der Waals surface area contributed by atoms with Crippen molar-refractivity contribution >= 4 is 22.5 Å². The summed E-state index contributed by atoms with van der Waals surface area (Å²) < 4.78 is 23.4. The lowest BCUT2D eigenvalue weighted by Crippen LogP contribution is -2.16. The quantitative estimate of drug-likeness (QED) is 0.770. The third-order valence-electron chi connectivity index (χ3n) is 3.69. The summed E-state index contributed by atoms with van der Waals surface area (Å²) in [6.07, 6.45) is 0. The van der Waals surface area contributed by atoms with E-state index in [0.717, 1.165) is 10.9 Å². The highest BCUT2D eigenvalue weighted by atomic mass is 19.1. The molecule has 0 bridgehead atoms. The lowest BCUT2D eigenvalue weighted by atomic mass is 10.1. The first-order chi connectivity index (χ1) is 12.1. The van der Waals surface area contributed by atoms with Gasteiger partial charge in [0.1, 0.15) is 18.2 Å². The second kappa shape index (κ2) is 7.27. The molecule has 6 heteroatoms. The van der Waals surface area contributed by atoms with Crippen LogP contribution in [0.4, 0.5) is 10.1 Å². The highest BCUT2D eigenvalue weighted by molar-refractivity contribution is 5.96. The van der Waals surface area contributed by atoms with Gasteiger partial charge < -0.3 is 14.8 Å². The molecule has 3 rings (SSSR count). The summed E-state index contributed by atoms with van der Waals surface area (Å²) >= 11 is 0. The molecule has 1 aromatic heterocycles. The molecule has 25 heavy (non-hydrogen) atoms. The van der Waals surface area contributed by atoms with E-state index in [0.29, 0.717) is 22.6 Å². The molecule has 0 saturated heterocycles. The molecular weight excluding hydrogens is 323 g/mol. The predicted octanol–water partition coefficient (Wildman–Crippen LogP) is 3.63. The van der Waals surface area contributed by atoms with Crippen molar-refractivity contribution in [1.82, 2.24) is 4.98 Å². The minimum atomic E-state index is -0.298. The van der Waals surface area contributed by atoms with Crippen LogP contribution >= 0.6 is 0 Å². The van der Waals surface area contributed by atoms with Gasteiger partial charge in [-0.15, -0.1) is 0 Å². The number of benzene rings is 2. The molecule has 0 atom stereocenters. The van der Waals surface area contributed by atoms with Gasteiger partial charge in [-0.1, -0.05) is 0 Å². The number of hydrogen-bond donors (Lipinski definition) is 1. The number of pyridine rings is 1. The maximum atomic E-state index is 13.1. The van der Waals surface area contributed by atoms with E-state index in [2.05, 4.69) is 10.3 Å². The number of nitrogens with one attached hydrogen (secondary N) is 1. The first-order valence-corrected chi connectivity index (χ1v) is 7.64. The normalized spacial score (nSPS) is 10.7. The van der Waals surface area contributed by atoms with E-state index in [4.69, 9.17) is 9.47 Å². The molecule has 0 saturated carbocycles. The van der Waals surface area contributed by atoms with Crippen molar-refractivity contribution in [3.8, 4) is 17.0 Å². The van der Waals surface area contributed by atoms with Gasteiger partial charge in [0, 0.05) is 29.8 Å².